The number of methoxy groups -OCH3 is 2. The summed E-state index contributed by atoms with van der Waals surface area (Å²) in [5.74, 6) is 0.562. The van der Waals surface area contributed by atoms with Crippen molar-refractivity contribution in [2.75, 3.05) is 38.8 Å². The Balaban J connectivity index is 1.55. The molecule has 1 saturated heterocycles. The number of rotatable bonds is 10. The number of anilines is 1. The van der Waals surface area contributed by atoms with Crippen LogP contribution in [0.3, 0.4) is 0 Å². The number of Topliss-reactive ketones (excluding diaryl/α,β-unsaturated/α-hetero) is 1. The molecule has 1 fully saturated rings. The normalized spacial score (nSPS) is 15.3. The summed E-state index contributed by atoms with van der Waals surface area (Å²) in [6.07, 6.45) is 3.59. The summed E-state index contributed by atoms with van der Waals surface area (Å²) in [6, 6.07) is 10.2. The van der Waals surface area contributed by atoms with E-state index in [9.17, 15) is 9.18 Å². The number of nitrogens with two attached hydrogens (primary N) is 1. The quantitative estimate of drug-likeness (QED) is 0.306. The summed E-state index contributed by atoms with van der Waals surface area (Å²) < 4.78 is 27.4. The lowest BCUT2D eigenvalue weighted by molar-refractivity contribution is 0.0988. The molecule has 10 heteroatoms. The number of hydrogen-bond acceptors (Lipinski definition) is 8. The minimum absolute atomic E-state index is 0.0988. The van der Waals surface area contributed by atoms with Crippen molar-refractivity contribution in [3.05, 3.63) is 65.5 Å². The molecule has 3 heterocycles. The number of nitrogens with zero attached hydrogens (tertiary/aromatic N) is 5. The fourth-order valence-electron chi connectivity index (χ4n) is 5.43. The molecule has 1 atom stereocenters. The molecule has 0 spiro atoms. The zero-order valence-corrected chi connectivity index (χ0v) is 22.5. The first-order valence-corrected chi connectivity index (χ1v) is 13.1. The maximum Gasteiger partial charge on any atom is 0.185 e. The van der Waals surface area contributed by atoms with Crippen LogP contribution in [0, 0.1) is 12.7 Å². The molecule has 5 rings (SSSR count). The van der Waals surface area contributed by atoms with Gasteiger partial charge < -0.3 is 24.7 Å². The highest BCUT2D eigenvalue weighted by molar-refractivity contribution is 6.00. The Morgan fingerprint density at radius 1 is 1.18 bits per heavy atom. The van der Waals surface area contributed by atoms with Crippen molar-refractivity contribution in [3.63, 3.8) is 0 Å². The Hall–Kier alpha value is -3.89. The van der Waals surface area contributed by atoms with E-state index in [1.807, 2.05) is 19.1 Å². The number of ether oxygens (including phenoxy) is 2. The van der Waals surface area contributed by atoms with Crippen LogP contribution in [0.5, 0.6) is 5.75 Å². The van der Waals surface area contributed by atoms with Gasteiger partial charge in [0.15, 0.2) is 11.6 Å². The zero-order chi connectivity index (χ0) is 27.5. The highest BCUT2D eigenvalue weighted by atomic mass is 19.1. The maximum atomic E-state index is 14.7. The molecular weight excluding hydrogens is 499 g/mol. The highest BCUT2D eigenvalue weighted by Gasteiger charge is 2.29. The molecule has 4 aromatic rings. The lowest BCUT2D eigenvalue weighted by Crippen LogP contribution is -2.36. The summed E-state index contributed by atoms with van der Waals surface area (Å²) in [5, 5.41) is 0. The summed E-state index contributed by atoms with van der Waals surface area (Å²) >= 11 is 0. The van der Waals surface area contributed by atoms with Crippen molar-refractivity contribution in [2.24, 2.45) is 5.73 Å². The van der Waals surface area contributed by atoms with Gasteiger partial charge in [-0.2, -0.15) is 0 Å². The Morgan fingerprint density at radius 2 is 2.03 bits per heavy atom. The van der Waals surface area contributed by atoms with E-state index in [2.05, 4.69) is 19.4 Å². The second-order valence-corrected chi connectivity index (χ2v) is 9.65. The van der Waals surface area contributed by atoms with Crippen LogP contribution in [0.2, 0.25) is 0 Å². The third kappa shape index (κ3) is 5.09. The third-order valence-corrected chi connectivity index (χ3v) is 7.34. The summed E-state index contributed by atoms with van der Waals surface area (Å²) in [4.78, 5) is 29.5. The van der Waals surface area contributed by atoms with Crippen molar-refractivity contribution in [1.29, 1.82) is 0 Å². The molecule has 9 nitrogen and oxygen atoms in total. The SMILES string of the molecule is COCCn1c(C)nc2c(N3CCC[C@H]3CN)c(CC(=O)c3ccnc(-c4c(F)cccc4OC)n3)ccc21. The number of aryl methyl sites for hydroxylation is 1. The molecule has 2 aromatic carbocycles. The monoisotopic (exact) mass is 532 g/mol. The Bertz CT molecular complexity index is 1500. The third-order valence-electron chi connectivity index (χ3n) is 7.34. The summed E-state index contributed by atoms with van der Waals surface area (Å²) in [6.45, 7) is 4.60. The lowest BCUT2D eigenvalue weighted by Gasteiger charge is -2.28. The number of hydrogen-bond donors (Lipinski definition) is 1. The van der Waals surface area contributed by atoms with Crippen LogP contribution in [0.25, 0.3) is 22.4 Å². The van der Waals surface area contributed by atoms with Crippen LogP contribution in [0.4, 0.5) is 10.1 Å². The molecular formula is C29H33FN6O3. The van der Waals surface area contributed by atoms with Crippen molar-refractivity contribution >= 4 is 22.5 Å². The molecule has 0 saturated carbocycles. The number of benzene rings is 2. The van der Waals surface area contributed by atoms with Gasteiger partial charge in [0.25, 0.3) is 0 Å². The van der Waals surface area contributed by atoms with E-state index in [1.165, 1.54) is 19.4 Å². The van der Waals surface area contributed by atoms with Crippen molar-refractivity contribution in [2.45, 2.75) is 38.8 Å². The van der Waals surface area contributed by atoms with E-state index >= 15 is 0 Å². The molecule has 0 bridgehead atoms. The van der Waals surface area contributed by atoms with Crippen molar-refractivity contribution < 1.29 is 18.7 Å². The Morgan fingerprint density at radius 3 is 2.79 bits per heavy atom. The van der Waals surface area contributed by atoms with Crippen molar-refractivity contribution in [3.8, 4) is 17.1 Å². The van der Waals surface area contributed by atoms with E-state index in [-0.39, 0.29) is 35.3 Å². The van der Waals surface area contributed by atoms with Crippen LogP contribution < -0.4 is 15.4 Å². The number of imidazole rings is 1. The van der Waals surface area contributed by atoms with Gasteiger partial charge >= 0.3 is 0 Å². The molecule has 39 heavy (non-hydrogen) atoms. The minimum Gasteiger partial charge on any atom is -0.496 e. The van der Waals surface area contributed by atoms with Crippen LogP contribution in [-0.4, -0.2) is 65.3 Å². The van der Waals surface area contributed by atoms with Crippen LogP contribution >= 0.6 is 0 Å². The van der Waals surface area contributed by atoms with Crippen LogP contribution in [0.15, 0.2) is 42.6 Å². The second kappa shape index (κ2) is 11.5. The van der Waals surface area contributed by atoms with Gasteiger partial charge in [-0.05, 0) is 49.6 Å². The van der Waals surface area contributed by atoms with E-state index < -0.39 is 5.82 Å². The first-order valence-electron chi connectivity index (χ1n) is 13.1. The predicted molar refractivity (Wildman–Crippen MR) is 148 cm³/mol. The van der Waals surface area contributed by atoms with Gasteiger partial charge in [-0.15, -0.1) is 0 Å². The van der Waals surface area contributed by atoms with Gasteiger partial charge in [0.2, 0.25) is 0 Å². The molecule has 0 unspecified atom stereocenters. The molecule has 2 aromatic heterocycles. The van der Waals surface area contributed by atoms with E-state index in [4.69, 9.17) is 20.2 Å². The molecule has 0 aliphatic carbocycles. The second-order valence-electron chi connectivity index (χ2n) is 9.65. The topological polar surface area (TPSA) is 108 Å². The molecule has 0 radical (unpaired) electrons. The predicted octanol–water partition coefficient (Wildman–Crippen LogP) is 3.95. The highest BCUT2D eigenvalue weighted by Crippen LogP contribution is 2.36. The Labute approximate surface area is 226 Å². The zero-order valence-electron chi connectivity index (χ0n) is 22.5. The number of carbonyl (C=O) groups is 1. The molecule has 1 aliphatic heterocycles. The van der Waals surface area contributed by atoms with E-state index in [0.717, 1.165) is 47.5 Å². The standard InChI is InChI=1S/C29H33FN6O3/c1-18-33-27-23(35(18)14-15-38-2)10-9-19(28(27)36-13-5-6-20(36)17-31)16-24(37)22-11-12-32-29(34-22)26-21(30)7-4-8-25(26)39-3/h4,7-12,20H,5-6,13-17,31H2,1-3H3/t20-/m0/s1. The summed E-state index contributed by atoms with van der Waals surface area (Å²) in [7, 11) is 3.14. The maximum absolute atomic E-state index is 14.7. The summed E-state index contributed by atoms with van der Waals surface area (Å²) in [5.41, 5.74) is 10.1. The molecule has 0 amide bonds. The van der Waals surface area contributed by atoms with E-state index in [0.29, 0.717) is 25.4 Å². The van der Waals surface area contributed by atoms with Gasteiger partial charge in [-0.3, -0.25) is 4.79 Å². The average molecular weight is 533 g/mol. The molecule has 1 aliphatic rings. The van der Waals surface area contributed by atoms with E-state index in [1.54, 1.807) is 25.3 Å². The fourth-order valence-corrected chi connectivity index (χ4v) is 5.43. The minimum atomic E-state index is -0.520. The van der Waals surface area contributed by atoms with Crippen LogP contribution in [-0.2, 0) is 17.7 Å². The Kier molecular flexibility index (Phi) is 7.85. The fraction of sp³-hybridized carbons (Fsp3) is 0.379. The van der Waals surface area contributed by atoms with Gasteiger partial charge in [-0.1, -0.05) is 12.1 Å². The number of fused-ring (bicyclic) bond motifs is 1. The van der Waals surface area contributed by atoms with Gasteiger partial charge in [-0.25, -0.2) is 19.3 Å². The first-order chi connectivity index (χ1) is 19.0. The number of aromatic nitrogens is 4. The smallest absolute Gasteiger partial charge is 0.185 e. The lowest BCUT2D eigenvalue weighted by atomic mass is 10.0. The molecule has 204 valence electrons. The van der Waals surface area contributed by atoms with Crippen molar-refractivity contribution in [1.82, 2.24) is 19.5 Å². The number of ketones is 1. The van der Waals surface area contributed by atoms with Gasteiger partial charge in [0.05, 0.1) is 30.5 Å². The van der Waals surface area contributed by atoms with Gasteiger partial charge in [0.1, 0.15) is 28.6 Å². The average Bonchev–Trinajstić information content (AvgIpc) is 3.55. The first kappa shape index (κ1) is 26.7. The number of carbonyl (C=O) groups excluding carboxylic acids is 1. The largest absolute Gasteiger partial charge is 0.496 e. The number of halogens is 1. The molecule has 2 N–H and O–H groups in total. The van der Waals surface area contributed by atoms with Crippen LogP contribution in [0.1, 0.15) is 34.7 Å². The van der Waals surface area contributed by atoms with Gasteiger partial charge in [0, 0.05) is 45.4 Å².